The van der Waals surface area contributed by atoms with E-state index in [4.69, 9.17) is 4.74 Å². The molecule has 3 rings (SSSR count). The molecule has 1 atom stereocenters. The van der Waals surface area contributed by atoms with Gasteiger partial charge in [0.2, 0.25) is 0 Å². The van der Waals surface area contributed by atoms with Crippen molar-refractivity contribution in [1.29, 1.82) is 0 Å². The van der Waals surface area contributed by atoms with Crippen LogP contribution in [0.15, 0.2) is 0 Å². The van der Waals surface area contributed by atoms with E-state index in [1.54, 1.807) is 4.90 Å². The van der Waals surface area contributed by atoms with E-state index in [2.05, 4.69) is 15.5 Å². The van der Waals surface area contributed by atoms with E-state index in [1.165, 1.54) is 7.11 Å². The number of H-pyrrole nitrogens is 1. The van der Waals surface area contributed by atoms with Crippen molar-refractivity contribution in [2.24, 2.45) is 0 Å². The Bertz CT molecular complexity index is 560. The van der Waals surface area contributed by atoms with E-state index in [1.807, 2.05) is 0 Å². The maximum Gasteiger partial charge on any atom is 0.307 e. The third kappa shape index (κ3) is 3.10. The van der Waals surface area contributed by atoms with Gasteiger partial charge in [-0.2, -0.15) is 5.10 Å². The highest BCUT2D eigenvalue weighted by Gasteiger charge is 2.34. The Morgan fingerprint density at radius 2 is 2.27 bits per heavy atom. The Kier molecular flexibility index (Phi) is 5.42. The molecule has 3 heterocycles. The minimum atomic E-state index is -0.273. The van der Waals surface area contributed by atoms with E-state index in [0.717, 1.165) is 37.1 Å². The van der Waals surface area contributed by atoms with Gasteiger partial charge in [0.05, 0.1) is 13.5 Å². The average Bonchev–Trinajstić information content (AvgIpc) is 3.13. The van der Waals surface area contributed by atoms with Crippen LogP contribution in [0.1, 0.15) is 41.0 Å². The minimum absolute atomic E-state index is 0. The molecule has 1 aromatic heterocycles. The molecule has 22 heavy (non-hydrogen) atoms. The maximum absolute atomic E-state index is 12.7. The number of ether oxygens (including phenoxy) is 1. The zero-order valence-electron chi connectivity index (χ0n) is 12.6. The molecule has 0 aromatic carbocycles. The molecule has 2 aliphatic rings. The molecule has 0 saturated carbocycles. The van der Waals surface area contributed by atoms with Gasteiger partial charge in [0.1, 0.15) is 0 Å². The molecular formula is C14H21ClN4O3. The van der Waals surface area contributed by atoms with Crippen LogP contribution in [-0.4, -0.2) is 53.2 Å². The fraction of sp³-hybridized carbons (Fsp3) is 0.643. The van der Waals surface area contributed by atoms with E-state index in [9.17, 15) is 9.59 Å². The SMILES string of the molecule is COC(=O)CC1CCCN1C(=O)c1n[nH]c2c1CNCC2.Cl. The number of nitrogens with zero attached hydrogens (tertiary/aromatic N) is 2. The number of hydrogen-bond acceptors (Lipinski definition) is 5. The first kappa shape index (κ1) is 16.8. The molecule has 0 radical (unpaired) electrons. The Balaban J connectivity index is 0.00000176. The molecular weight excluding hydrogens is 308 g/mol. The zero-order chi connectivity index (χ0) is 14.8. The van der Waals surface area contributed by atoms with Crippen LogP contribution in [0.25, 0.3) is 0 Å². The van der Waals surface area contributed by atoms with Crippen LogP contribution in [0.4, 0.5) is 0 Å². The van der Waals surface area contributed by atoms with Crippen molar-refractivity contribution in [3.05, 3.63) is 17.0 Å². The number of halogens is 1. The van der Waals surface area contributed by atoms with Gasteiger partial charge in [-0.25, -0.2) is 0 Å². The van der Waals surface area contributed by atoms with Crippen LogP contribution in [0.3, 0.4) is 0 Å². The van der Waals surface area contributed by atoms with Gasteiger partial charge in [0.25, 0.3) is 5.91 Å². The van der Waals surface area contributed by atoms with Crippen LogP contribution in [0, 0.1) is 0 Å². The van der Waals surface area contributed by atoms with Crippen molar-refractivity contribution < 1.29 is 14.3 Å². The standard InChI is InChI=1S/C14H20N4O3.ClH/c1-21-12(19)7-9-3-2-6-18(9)14(20)13-10-8-15-5-4-11(10)16-17-13;/h9,15H,2-8H2,1H3,(H,16,17);1H. The Morgan fingerprint density at radius 3 is 3.05 bits per heavy atom. The van der Waals surface area contributed by atoms with Crippen LogP contribution < -0.4 is 5.32 Å². The highest BCUT2D eigenvalue weighted by Crippen LogP contribution is 2.25. The number of carbonyl (C=O) groups is 2. The zero-order valence-corrected chi connectivity index (χ0v) is 13.4. The van der Waals surface area contributed by atoms with Crippen molar-refractivity contribution in [3.63, 3.8) is 0 Å². The molecule has 0 spiro atoms. The first-order valence-corrected chi connectivity index (χ1v) is 7.35. The number of amides is 1. The molecule has 1 unspecified atom stereocenters. The summed E-state index contributed by atoms with van der Waals surface area (Å²) in [5, 5.41) is 10.4. The first-order chi connectivity index (χ1) is 10.2. The van der Waals surface area contributed by atoms with Crippen molar-refractivity contribution in [3.8, 4) is 0 Å². The number of nitrogens with one attached hydrogen (secondary N) is 2. The third-order valence-electron chi connectivity index (χ3n) is 4.28. The molecule has 7 nitrogen and oxygen atoms in total. The van der Waals surface area contributed by atoms with Gasteiger partial charge in [-0.05, 0) is 12.8 Å². The van der Waals surface area contributed by atoms with E-state index in [-0.39, 0.29) is 36.7 Å². The summed E-state index contributed by atoms with van der Waals surface area (Å²) in [6.07, 6.45) is 2.87. The largest absolute Gasteiger partial charge is 0.469 e. The number of fused-ring (bicyclic) bond motifs is 1. The summed E-state index contributed by atoms with van der Waals surface area (Å²) < 4.78 is 4.71. The number of rotatable bonds is 3. The quantitative estimate of drug-likeness (QED) is 0.795. The van der Waals surface area contributed by atoms with Gasteiger partial charge in [-0.3, -0.25) is 14.7 Å². The van der Waals surface area contributed by atoms with Crippen molar-refractivity contribution >= 4 is 24.3 Å². The summed E-state index contributed by atoms with van der Waals surface area (Å²) in [5.74, 6) is -0.354. The molecule has 0 aliphatic carbocycles. The summed E-state index contributed by atoms with van der Waals surface area (Å²) in [5.41, 5.74) is 2.50. The van der Waals surface area contributed by atoms with Gasteiger partial charge < -0.3 is 15.0 Å². The van der Waals surface area contributed by atoms with Gasteiger partial charge in [0, 0.05) is 43.4 Å². The van der Waals surface area contributed by atoms with E-state index >= 15 is 0 Å². The molecule has 1 fully saturated rings. The summed E-state index contributed by atoms with van der Waals surface area (Å²) >= 11 is 0. The van der Waals surface area contributed by atoms with Gasteiger partial charge in [-0.15, -0.1) is 12.4 Å². The van der Waals surface area contributed by atoms with Crippen molar-refractivity contribution in [2.45, 2.75) is 38.3 Å². The lowest BCUT2D eigenvalue weighted by atomic mass is 10.1. The van der Waals surface area contributed by atoms with Gasteiger partial charge >= 0.3 is 5.97 Å². The Labute approximate surface area is 135 Å². The van der Waals surface area contributed by atoms with Crippen LogP contribution >= 0.6 is 12.4 Å². The number of carbonyl (C=O) groups excluding carboxylic acids is 2. The maximum atomic E-state index is 12.7. The lowest BCUT2D eigenvalue weighted by Gasteiger charge is -2.24. The van der Waals surface area contributed by atoms with Crippen LogP contribution in [0.5, 0.6) is 0 Å². The topological polar surface area (TPSA) is 87.3 Å². The summed E-state index contributed by atoms with van der Waals surface area (Å²) in [6, 6.07) is -0.0751. The second-order valence-electron chi connectivity index (χ2n) is 5.53. The molecule has 2 aliphatic heterocycles. The molecule has 2 N–H and O–H groups in total. The Morgan fingerprint density at radius 1 is 1.45 bits per heavy atom. The number of aromatic amines is 1. The summed E-state index contributed by atoms with van der Waals surface area (Å²) in [4.78, 5) is 26.0. The van der Waals surface area contributed by atoms with Gasteiger partial charge in [0.15, 0.2) is 5.69 Å². The highest BCUT2D eigenvalue weighted by atomic mass is 35.5. The second-order valence-corrected chi connectivity index (χ2v) is 5.53. The Hall–Kier alpha value is -1.60. The van der Waals surface area contributed by atoms with Crippen molar-refractivity contribution in [1.82, 2.24) is 20.4 Å². The second kappa shape index (κ2) is 7.11. The number of hydrogen-bond donors (Lipinski definition) is 2. The number of methoxy groups -OCH3 is 1. The molecule has 1 saturated heterocycles. The van der Waals surface area contributed by atoms with Crippen molar-refractivity contribution in [2.75, 3.05) is 20.2 Å². The lowest BCUT2D eigenvalue weighted by molar-refractivity contribution is -0.141. The van der Waals surface area contributed by atoms with Gasteiger partial charge in [-0.1, -0.05) is 0 Å². The predicted molar refractivity (Wildman–Crippen MR) is 81.9 cm³/mol. The fourth-order valence-corrected chi connectivity index (χ4v) is 3.13. The molecule has 0 bridgehead atoms. The first-order valence-electron chi connectivity index (χ1n) is 7.35. The minimum Gasteiger partial charge on any atom is -0.469 e. The van der Waals surface area contributed by atoms with E-state index < -0.39 is 0 Å². The summed E-state index contributed by atoms with van der Waals surface area (Å²) in [6.45, 7) is 2.25. The smallest absolute Gasteiger partial charge is 0.307 e. The highest BCUT2D eigenvalue weighted by molar-refractivity contribution is 5.94. The molecule has 122 valence electrons. The lowest BCUT2D eigenvalue weighted by Crippen LogP contribution is -2.38. The van der Waals surface area contributed by atoms with Crippen LogP contribution in [0.2, 0.25) is 0 Å². The molecule has 1 amide bonds. The predicted octanol–water partition coefficient (Wildman–Crippen LogP) is 0.645. The van der Waals surface area contributed by atoms with E-state index in [0.29, 0.717) is 18.8 Å². The third-order valence-corrected chi connectivity index (χ3v) is 4.28. The molecule has 8 heteroatoms. The summed E-state index contributed by atoms with van der Waals surface area (Å²) in [7, 11) is 1.37. The molecule has 1 aromatic rings. The number of likely N-dealkylation sites (tertiary alicyclic amines) is 1. The average molecular weight is 329 g/mol. The number of esters is 1. The fourth-order valence-electron chi connectivity index (χ4n) is 3.13. The monoisotopic (exact) mass is 328 g/mol. The van der Waals surface area contributed by atoms with Crippen LogP contribution in [-0.2, 0) is 22.5 Å². The normalized spacial score (nSPS) is 20.2. The number of aromatic nitrogens is 2.